The first kappa shape index (κ1) is 13.2. The largest absolute Gasteiger partial charge is 0.384 e. The average Bonchev–Trinajstić information content (AvgIpc) is 2.27. The van der Waals surface area contributed by atoms with Crippen molar-refractivity contribution in [2.45, 2.75) is 45.8 Å². The van der Waals surface area contributed by atoms with Gasteiger partial charge in [0.1, 0.15) is 0 Å². The zero-order valence-electron chi connectivity index (χ0n) is 10.7. The maximum absolute atomic E-state index is 10.4. The van der Waals surface area contributed by atoms with E-state index >= 15 is 0 Å². The van der Waals surface area contributed by atoms with Gasteiger partial charge < -0.3 is 10.4 Å². The van der Waals surface area contributed by atoms with Crippen LogP contribution in [0, 0.1) is 0 Å². The Bertz CT molecular complexity index is 331. The zero-order chi connectivity index (χ0) is 12.2. The van der Waals surface area contributed by atoms with Gasteiger partial charge in [0.25, 0.3) is 0 Å². The predicted molar refractivity (Wildman–Crippen MR) is 68.5 cm³/mol. The Hall–Kier alpha value is -0.860. The lowest BCUT2D eigenvalue weighted by Gasteiger charge is -2.26. The van der Waals surface area contributed by atoms with E-state index in [1.165, 1.54) is 5.56 Å². The number of hydrogen-bond donors (Lipinski definition) is 2. The third kappa shape index (κ3) is 3.62. The van der Waals surface area contributed by atoms with Crippen LogP contribution in [0.2, 0.25) is 0 Å². The zero-order valence-corrected chi connectivity index (χ0v) is 10.7. The summed E-state index contributed by atoms with van der Waals surface area (Å²) < 4.78 is 0. The third-order valence-corrected chi connectivity index (χ3v) is 2.81. The molecule has 16 heavy (non-hydrogen) atoms. The normalized spacial score (nSPS) is 15.1. The van der Waals surface area contributed by atoms with Crippen LogP contribution in [0.1, 0.15) is 38.8 Å². The molecule has 1 aromatic carbocycles. The average molecular weight is 221 g/mol. The topological polar surface area (TPSA) is 32.3 Å². The molecule has 0 heterocycles. The van der Waals surface area contributed by atoms with E-state index in [1.807, 2.05) is 19.1 Å². The number of nitrogens with one attached hydrogen (secondary N) is 1. The van der Waals surface area contributed by atoms with Crippen molar-refractivity contribution in [3.8, 4) is 0 Å². The lowest BCUT2D eigenvalue weighted by atomic mass is 9.93. The molecule has 0 aliphatic rings. The molecular formula is C14H23NO. The Morgan fingerprint density at radius 3 is 2.62 bits per heavy atom. The number of benzene rings is 1. The van der Waals surface area contributed by atoms with E-state index in [-0.39, 0.29) is 0 Å². The van der Waals surface area contributed by atoms with E-state index in [0.717, 1.165) is 12.0 Å². The van der Waals surface area contributed by atoms with Crippen LogP contribution in [-0.4, -0.2) is 17.7 Å². The molecule has 0 saturated carbocycles. The summed E-state index contributed by atoms with van der Waals surface area (Å²) >= 11 is 0. The minimum absolute atomic E-state index is 0.390. The summed E-state index contributed by atoms with van der Waals surface area (Å²) in [5.41, 5.74) is 1.46. The first-order chi connectivity index (χ1) is 7.45. The molecule has 0 aromatic heterocycles. The fraction of sp³-hybridized carbons (Fsp3) is 0.571. The molecule has 0 aliphatic heterocycles. The third-order valence-electron chi connectivity index (χ3n) is 2.81. The van der Waals surface area contributed by atoms with Crippen molar-refractivity contribution in [1.82, 2.24) is 5.32 Å². The Morgan fingerprint density at radius 1 is 1.38 bits per heavy atom. The van der Waals surface area contributed by atoms with Gasteiger partial charge >= 0.3 is 0 Å². The van der Waals surface area contributed by atoms with Gasteiger partial charge in [0.2, 0.25) is 0 Å². The van der Waals surface area contributed by atoms with Gasteiger partial charge in [-0.25, -0.2) is 0 Å². The van der Waals surface area contributed by atoms with Gasteiger partial charge in [-0.05, 0) is 24.5 Å². The molecular weight excluding hydrogens is 198 g/mol. The number of rotatable bonds is 5. The summed E-state index contributed by atoms with van der Waals surface area (Å²) in [4.78, 5) is 0. The number of aliphatic hydroxyl groups is 1. The predicted octanol–water partition coefficient (Wildman–Crippen LogP) is 2.45. The van der Waals surface area contributed by atoms with E-state index in [9.17, 15) is 5.11 Å². The van der Waals surface area contributed by atoms with Crippen LogP contribution in [-0.2, 0) is 12.0 Å². The monoisotopic (exact) mass is 221 g/mol. The highest BCUT2D eigenvalue weighted by Crippen LogP contribution is 2.21. The van der Waals surface area contributed by atoms with Gasteiger partial charge in [-0.1, -0.05) is 45.0 Å². The van der Waals surface area contributed by atoms with Crippen LogP contribution in [0.4, 0.5) is 0 Å². The molecule has 1 atom stereocenters. The summed E-state index contributed by atoms with van der Waals surface area (Å²) in [7, 11) is 0. The van der Waals surface area contributed by atoms with E-state index in [1.54, 1.807) is 0 Å². The van der Waals surface area contributed by atoms with Gasteiger partial charge in [-0.3, -0.25) is 0 Å². The van der Waals surface area contributed by atoms with Crippen molar-refractivity contribution in [2.75, 3.05) is 6.54 Å². The molecule has 1 aromatic rings. The Morgan fingerprint density at radius 2 is 2.06 bits per heavy atom. The summed E-state index contributed by atoms with van der Waals surface area (Å²) in [6.07, 6.45) is 1.00. The molecule has 0 bridgehead atoms. The number of hydrogen-bond acceptors (Lipinski definition) is 2. The molecule has 2 heteroatoms. The smallest absolute Gasteiger partial charge is 0.0992 e. The fourth-order valence-electron chi connectivity index (χ4n) is 1.63. The second-order valence-corrected chi connectivity index (χ2v) is 4.86. The van der Waals surface area contributed by atoms with E-state index in [0.29, 0.717) is 12.6 Å². The Kier molecular flexibility index (Phi) is 4.51. The van der Waals surface area contributed by atoms with Crippen molar-refractivity contribution in [3.63, 3.8) is 0 Å². The van der Waals surface area contributed by atoms with Crippen molar-refractivity contribution >= 4 is 0 Å². The van der Waals surface area contributed by atoms with Crippen molar-refractivity contribution < 1.29 is 5.11 Å². The van der Waals surface area contributed by atoms with Crippen LogP contribution < -0.4 is 5.32 Å². The highest BCUT2D eigenvalue weighted by molar-refractivity contribution is 5.28. The molecule has 0 amide bonds. The van der Waals surface area contributed by atoms with Crippen molar-refractivity contribution in [3.05, 3.63) is 35.4 Å². The molecule has 2 N–H and O–H groups in total. The van der Waals surface area contributed by atoms with Gasteiger partial charge in [0.15, 0.2) is 0 Å². The molecule has 0 aliphatic carbocycles. The van der Waals surface area contributed by atoms with Gasteiger partial charge in [-0.15, -0.1) is 0 Å². The van der Waals surface area contributed by atoms with Crippen LogP contribution in [0.5, 0.6) is 0 Å². The molecule has 1 rings (SSSR count). The van der Waals surface area contributed by atoms with Gasteiger partial charge in [0.05, 0.1) is 5.60 Å². The minimum atomic E-state index is -0.796. The van der Waals surface area contributed by atoms with Crippen LogP contribution in [0.15, 0.2) is 24.3 Å². The standard InChI is InChI=1S/C14H23NO/c1-5-12-7-6-8-13(9-12)14(4,16)10-15-11(2)3/h6-9,11,15-16H,5,10H2,1-4H3. The SMILES string of the molecule is CCc1cccc(C(C)(O)CNC(C)C)c1. The second kappa shape index (κ2) is 5.46. The van der Waals surface area contributed by atoms with Crippen LogP contribution in [0.25, 0.3) is 0 Å². The summed E-state index contributed by atoms with van der Waals surface area (Å²) in [6, 6.07) is 8.57. The fourth-order valence-corrected chi connectivity index (χ4v) is 1.63. The Labute approximate surface area is 98.7 Å². The molecule has 2 nitrogen and oxygen atoms in total. The molecule has 90 valence electrons. The lowest BCUT2D eigenvalue weighted by molar-refractivity contribution is 0.0549. The molecule has 0 radical (unpaired) electrons. The lowest BCUT2D eigenvalue weighted by Crippen LogP contribution is -2.38. The summed E-state index contributed by atoms with van der Waals surface area (Å²) in [5, 5.41) is 13.7. The Balaban J connectivity index is 2.79. The maximum atomic E-state index is 10.4. The first-order valence-electron chi connectivity index (χ1n) is 6.01. The molecule has 1 unspecified atom stereocenters. The first-order valence-corrected chi connectivity index (χ1v) is 6.01. The molecule has 0 fully saturated rings. The van der Waals surface area contributed by atoms with Crippen LogP contribution in [0.3, 0.4) is 0 Å². The van der Waals surface area contributed by atoms with Gasteiger partial charge in [-0.2, -0.15) is 0 Å². The molecule has 0 saturated heterocycles. The van der Waals surface area contributed by atoms with E-state index in [2.05, 4.69) is 38.2 Å². The van der Waals surface area contributed by atoms with Crippen LogP contribution >= 0.6 is 0 Å². The summed E-state index contributed by atoms with van der Waals surface area (Å²) in [6.45, 7) is 8.73. The maximum Gasteiger partial charge on any atom is 0.0992 e. The number of aryl methyl sites for hydroxylation is 1. The minimum Gasteiger partial charge on any atom is -0.384 e. The highest BCUT2D eigenvalue weighted by Gasteiger charge is 2.22. The van der Waals surface area contributed by atoms with Crippen molar-refractivity contribution in [1.29, 1.82) is 0 Å². The second-order valence-electron chi connectivity index (χ2n) is 4.86. The van der Waals surface area contributed by atoms with Crippen molar-refractivity contribution in [2.24, 2.45) is 0 Å². The van der Waals surface area contributed by atoms with E-state index < -0.39 is 5.60 Å². The highest BCUT2D eigenvalue weighted by atomic mass is 16.3. The van der Waals surface area contributed by atoms with E-state index in [4.69, 9.17) is 0 Å². The van der Waals surface area contributed by atoms with Gasteiger partial charge in [0, 0.05) is 12.6 Å². The summed E-state index contributed by atoms with van der Waals surface area (Å²) in [5.74, 6) is 0. The molecule has 0 spiro atoms. The quantitative estimate of drug-likeness (QED) is 0.800.